The van der Waals surface area contributed by atoms with Gasteiger partial charge in [-0.15, -0.1) is 0 Å². The molecule has 2 aromatic heterocycles. The normalized spacial score (nSPS) is 11.5. The topological polar surface area (TPSA) is 110 Å². The van der Waals surface area contributed by atoms with Gasteiger partial charge in [0.2, 0.25) is 5.03 Å². The van der Waals surface area contributed by atoms with E-state index in [0.29, 0.717) is 22.8 Å². The minimum absolute atomic E-state index is 0.00772. The highest BCUT2D eigenvalue weighted by Crippen LogP contribution is 2.24. The third-order valence-corrected chi connectivity index (χ3v) is 5.22. The predicted molar refractivity (Wildman–Crippen MR) is 94.1 cm³/mol. The molecular formula is C15H14ClN5O3S. The number of hydrogen-bond acceptors (Lipinski definition) is 5. The minimum atomic E-state index is -3.94. The third-order valence-electron chi connectivity index (χ3n) is 3.35. The average Bonchev–Trinajstić information content (AvgIpc) is 2.86. The van der Waals surface area contributed by atoms with Crippen molar-refractivity contribution in [3.8, 4) is 11.4 Å². The second kappa shape index (κ2) is 6.34. The number of H-pyrrole nitrogens is 1. The lowest BCUT2D eigenvalue weighted by molar-refractivity contribution is 0.598. The molecule has 25 heavy (non-hydrogen) atoms. The molecule has 10 heteroatoms. The Balaban J connectivity index is 1.97. The Kier molecular flexibility index (Phi) is 4.36. The molecule has 0 fully saturated rings. The Morgan fingerprint density at radius 2 is 2.04 bits per heavy atom. The second-order valence-corrected chi connectivity index (χ2v) is 7.33. The van der Waals surface area contributed by atoms with E-state index in [9.17, 15) is 13.2 Å². The average molecular weight is 380 g/mol. The van der Waals surface area contributed by atoms with E-state index < -0.39 is 10.0 Å². The van der Waals surface area contributed by atoms with Crippen molar-refractivity contribution in [3.05, 3.63) is 57.9 Å². The van der Waals surface area contributed by atoms with Crippen LogP contribution in [0.1, 0.15) is 5.69 Å². The Bertz CT molecular complexity index is 1100. The van der Waals surface area contributed by atoms with Gasteiger partial charge in [-0.3, -0.25) is 9.52 Å². The van der Waals surface area contributed by atoms with Gasteiger partial charge in [-0.2, -0.15) is 8.42 Å². The maximum Gasteiger partial charge on any atom is 0.282 e. The highest BCUT2D eigenvalue weighted by Gasteiger charge is 2.22. The number of aromatic amines is 1. The molecular weight excluding hydrogens is 366 g/mol. The van der Waals surface area contributed by atoms with Crippen LogP contribution in [-0.4, -0.2) is 27.9 Å². The number of aryl methyl sites for hydroxylation is 2. The summed E-state index contributed by atoms with van der Waals surface area (Å²) in [5, 5.41) is -0.252. The number of imidazole rings is 1. The number of aromatic nitrogens is 4. The molecule has 1 aromatic carbocycles. The van der Waals surface area contributed by atoms with Crippen molar-refractivity contribution in [2.75, 3.05) is 4.72 Å². The fourth-order valence-electron chi connectivity index (χ4n) is 2.22. The number of hydrogen-bond donors (Lipinski definition) is 2. The van der Waals surface area contributed by atoms with Crippen LogP contribution in [0.5, 0.6) is 0 Å². The molecule has 2 heterocycles. The van der Waals surface area contributed by atoms with E-state index in [1.807, 2.05) is 0 Å². The van der Waals surface area contributed by atoms with Gasteiger partial charge in [-0.05, 0) is 19.1 Å². The molecule has 0 atom stereocenters. The lowest BCUT2D eigenvalue weighted by Gasteiger charge is -2.08. The standard InChI is InChI=1S/C15H14ClN5O3S/c1-9-6-12(22)19-14(18-9)10-4-3-5-11(7-10)20-25(23,24)15-13(16)21(2)8-17-15/h3-8,20H,1-2H3,(H,18,19,22). The van der Waals surface area contributed by atoms with Crippen molar-refractivity contribution in [1.29, 1.82) is 0 Å². The monoisotopic (exact) mass is 379 g/mol. The summed E-state index contributed by atoms with van der Waals surface area (Å²) in [5.41, 5.74) is 1.13. The zero-order valence-electron chi connectivity index (χ0n) is 13.3. The summed E-state index contributed by atoms with van der Waals surface area (Å²) < 4.78 is 28.7. The molecule has 0 unspecified atom stereocenters. The van der Waals surface area contributed by atoms with Crippen molar-refractivity contribution < 1.29 is 8.42 Å². The molecule has 0 radical (unpaired) electrons. The Morgan fingerprint density at radius 3 is 2.68 bits per heavy atom. The zero-order valence-corrected chi connectivity index (χ0v) is 14.9. The molecule has 3 aromatic rings. The van der Waals surface area contributed by atoms with E-state index in [1.165, 1.54) is 17.0 Å². The number of sulfonamides is 1. The molecule has 130 valence electrons. The first-order valence-corrected chi connectivity index (χ1v) is 9.00. The van der Waals surface area contributed by atoms with Crippen LogP contribution in [0.2, 0.25) is 5.15 Å². The molecule has 2 N–H and O–H groups in total. The number of benzene rings is 1. The minimum Gasteiger partial charge on any atom is -0.324 e. The van der Waals surface area contributed by atoms with Gasteiger partial charge in [0, 0.05) is 30.1 Å². The van der Waals surface area contributed by atoms with Crippen LogP contribution in [0, 0.1) is 6.92 Å². The highest BCUT2D eigenvalue weighted by molar-refractivity contribution is 7.92. The van der Waals surface area contributed by atoms with Gasteiger partial charge in [-0.1, -0.05) is 23.7 Å². The van der Waals surface area contributed by atoms with Crippen LogP contribution in [0.3, 0.4) is 0 Å². The number of rotatable bonds is 4. The summed E-state index contributed by atoms with van der Waals surface area (Å²) in [6.07, 6.45) is 1.31. The third kappa shape index (κ3) is 3.57. The zero-order chi connectivity index (χ0) is 18.2. The number of anilines is 1. The first-order chi connectivity index (χ1) is 11.8. The molecule has 0 aliphatic heterocycles. The number of nitrogens with zero attached hydrogens (tertiary/aromatic N) is 3. The number of halogens is 1. The molecule has 8 nitrogen and oxygen atoms in total. The van der Waals surface area contributed by atoms with Gasteiger partial charge >= 0.3 is 0 Å². The van der Waals surface area contributed by atoms with E-state index in [1.54, 1.807) is 38.2 Å². The summed E-state index contributed by atoms with van der Waals surface area (Å²) in [6, 6.07) is 7.87. The van der Waals surface area contributed by atoms with Gasteiger partial charge in [0.05, 0.1) is 6.33 Å². The maximum atomic E-state index is 12.4. The number of nitrogens with one attached hydrogen (secondary N) is 2. The fraction of sp³-hybridized carbons (Fsp3) is 0.133. The fourth-order valence-corrected chi connectivity index (χ4v) is 3.71. The molecule has 0 saturated heterocycles. The van der Waals surface area contributed by atoms with Gasteiger partial charge in [0.1, 0.15) is 11.0 Å². The van der Waals surface area contributed by atoms with Crippen molar-refractivity contribution in [1.82, 2.24) is 19.5 Å². The van der Waals surface area contributed by atoms with Gasteiger partial charge in [0.25, 0.3) is 15.6 Å². The smallest absolute Gasteiger partial charge is 0.282 e. The van der Waals surface area contributed by atoms with Gasteiger partial charge in [-0.25, -0.2) is 9.97 Å². The summed E-state index contributed by atoms with van der Waals surface area (Å²) >= 11 is 5.95. The van der Waals surface area contributed by atoms with E-state index in [4.69, 9.17) is 11.6 Å². The van der Waals surface area contributed by atoms with E-state index in [0.717, 1.165) is 0 Å². The van der Waals surface area contributed by atoms with Crippen LogP contribution in [-0.2, 0) is 17.1 Å². The SMILES string of the molecule is Cc1cc(=O)[nH]c(-c2cccc(NS(=O)(=O)c3ncn(C)c3Cl)c2)n1. The first kappa shape index (κ1) is 17.2. The Morgan fingerprint density at radius 1 is 1.28 bits per heavy atom. The first-order valence-electron chi connectivity index (χ1n) is 7.14. The molecule has 0 aliphatic rings. The highest BCUT2D eigenvalue weighted by atomic mass is 35.5. The summed E-state index contributed by atoms with van der Waals surface area (Å²) in [4.78, 5) is 22.3. The Hall–Kier alpha value is -2.65. The quantitative estimate of drug-likeness (QED) is 0.719. The van der Waals surface area contributed by atoms with Gasteiger partial charge in [0.15, 0.2) is 0 Å². The summed E-state index contributed by atoms with van der Waals surface area (Å²) in [7, 11) is -2.35. The van der Waals surface area contributed by atoms with Crippen molar-refractivity contribution in [2.45, 2.75) is 11.9 Å². The largest absolute Gasteiger partial charge is 0.324 e. The van der Waals surface area contributed by atoms with Crippen LogP contribution in [0.25, 0.3) is 11.4 Å². The lowest BCUT2D eigenvalue weighted by Crippen LogP contribution is -2.14. The van der Waals surface area contributed by atoms with Crippen molar-refractivity contribution >= 4 is 27.3 Å². The van der Waals surface area contributed by atoms with E-state index in [-0.39, 0.29) is 15.7 Å². The van der Waals surface area contributed by atoms with E-state index >= 15 is 0 Å². The van der Waals surface area contributed by atoms with Crippen LogP contribution < -0.4 is 10.3 Å². The van der Waals surface area contributed by atoms with Crippen LogP contribution in [0.4, 0.5) is 5.69 Å². The molecule has 3 rings (SSSR count). The summed E-state index contributed by atoms with van der Waals surface area (Å²) in [6.45, 7) is 1.70. The van der Waals surface area contributed by atoms with Crippen LogP contribution in [0.15, 0.2) is 46.5 Å². The predicted octanol–water partition coefficient (Wildman–Crippen LogP) is 1.93. The lowest BCUT2D eigenvalue weighted by atomic mass is 10.2. The van der Waals surface area contributed by atoms with Gasteiger partial charge < -0.3 is 9.55 Å². The Labute approximate surface area is 148 Å². The maximum absolute atomic E-state index is 12.4. The van der Waals surface area contributed by atoms with Crippen molar-refractivity contribution in [2.24, 2.45) is 7.05 Å². The molecule has 0 saturated carbocycles. The molecule has 0 spiro atoms. The molecule has 0 aliphatic carbocycles. The van der Waals surface area contributed by atoms with Crippen molar-refractivity contribution in [3.63, 3.8) is 0 Å². The summed E-state index contributed by atoms with van der Waals surface area (Å²) in [5.74, 6) is 0.349. The molecule has 0 amide bonds. The van der Waals surface area contributed by atoms with Crippen LogP contribution >= 0.6 is 11.6 Å². The molecule has 0 bridgehead atoms. The van der Waals surface area contributed by atoms with E-state index in [2.05, 4.69) is 19.7 Å². The second-order valence-electron chi connectivity index (χ2n) is 5.37.